The van der Waals surface area contributed by atoms with Crippen LogP contribution in [0.25, 0.3) is 27.6 Å². The van der Waals surface area contributed by atoms with Gasteiger partial charge in [-0.2, -0.15) is 5.10 Å². The summed E-state index contributed by atoms with van der Waals surface area (Å²) in [6, 6.07) is 16.4. The molecule has 0 spiro atoms. The standard InChI is InChI=1S/C21H16ClN3S/c1-2-18-17-11-14-5-3-4-6-16(14)20(17)25(24-18)21-23-19(12-26-21)13-7-9-15(22)10-8-13/h3-10,12H,2,11H2,1H3. The summed E-state index contributed by atoms with van der Waals surface area (Å²) in [4.78, 5) is 4.85. The van der Waals surface area contributed by atoms with Crippen LogP contribution in [0.5, 0.6) is 0 Å². The second kappa shape index (κ2) is 6.08. The molecule has 0 radical (unpaired) electrons. The molecule has 1 aliphatic rings. The van der Waals surface area contributed by atoms with Crippen molar-refractivity contribution >= 4 is 22.9 Å². The van der Waals surface area contributed by atoms with Gasteiger partial charge in [-0.05, 0) is 24.1 Å². The average Bonchev–Trinajstić information content (AvgIpc) is 3.36. The van der Waals surface area contributed by atoms with Crippen LogP contribution >= 0.6 is 22.9 Å². The third kappa shape index (κ3) is 2.41. The van der Waals surface area contributed by atoms with E-state index in [0.29, 0.717) is 0 Å². The van der Waals surface area contributed by atoms with E-state index in [4.69, 9.17) is 21.7 Å². The summed E-state index contributed by atoms with van der Waals surface area (Å²) in [6.07, 6.45) is 1.89. The van der Waals surface area contributed by atoms with Gasteiger partial charge in [-0.3, -0.25) is 0 Å². The number of nitrogens with zero attached hydrogens (tertiary/aromatic N) is 3. The van der Waals surface area contributed by atoms with Crippen LogP contribution in [0.1, 0.15) is 23.7 Å². The van der Waals surface area contributed by atoms with Gasteiger partial charge in [-0.25, -0.2) is 9.67 Å². The third-order valence-electron chi connectivity index (χ3n) is 4.85. The fourth-order valence-electron chi connectivity index (χ4n) is 3.59. The maximum atomic E-state index is 6.00. The lowest BCUT2D eigenvalue weighted by Gasteiger charge is -2.04. The van der Waals surface area contributed by atoms with Crippen LogP contribution in [-0.4, -0.2) is 14.8 Å². The fraction of sp³-hybridized carbons (Fsp3) is 0.143. The first-order valence-corrected chi connectivity index (χ1v) is 9.91. The number of fused-ring (bicyclic) bond motifs is 3. The molecule has 0 amide bonds. The topological polar surface area (TPSA) is 30.7 Å². The average molecular weight is 378 g/mol. The highest BCUT2D eigenvalue weighted by atomic mass is 35.5. The molecule has 3 nitrogen and oxygen atoms in total. The fourth-order valence-corrected chi connectivity index (χ4v) is 4.51. The predicted molar refractivity (Wildman–Crippen MR) is 107 cm³/mol. The van der Waals surface area contributed by atoms with Gasteiger partial charge in [0, 0.05) is 33.5 Å². The van der Waals surface area contributed by atoms with Crippen LogP contribution in [0.15, 0.2) is 53.9 Å². The maximum absolute atomic E-state index is 6.00. The molecule has 0 unspecified atom stereocenters. The molecule has 2 heterocycles. The van der Waals surface area contributed by atoms with Gasteiger partial charge in [-0.15, -0.1) is 11.3 Å². The Labute approximate surface area is 160 Å². The molecular weight excluding hydrogens is 362 g/mol. The SMILES string of the molecule is CCc1nn(-c2nc(-c3ccc(Cl)cc3)cs2)c2c1Cc1ccccc1-2. The molecule has 26 heavy (non-hydrogen) atoms. The highest BCUT2D eigenvalue weighted by molar-refractivity contribution is 7.12. The molecule has 2 aromatic heterocycles. The highest BCUT2D eigenvalue weighted by Crippen LogP contribution is 2.40. The normalized spacial score (nSPS) is 12.2. The van der Waals surface area contributed by atoms with E-state index in [1.807, 2.05) is 28.9 Å². The number of halogens is 1. The number of aromatic nitrogens is 3. The number of aryl methyl sites for hydroxylation is 1. The number of benzene rings is 2. The number of rotatable bonds is 3. The second-order valence-corrected chi connectivity index (χ2v) is 7.67. The number of hydrogen-bond acceptors (Lipinski definition) is 3. The molecule has 2 aromatic carbocycles. The first kappa shape index (κ1) is 15.8. The van der Waals surface area contributed by atoms with Crippen LogP contribution in [0, 0.1) is 0 Å². The van der Waals surface area contributed by atoms with Gasteiger partial charge in [0.25, 0.3) is 0 Å². The molecule has 128 valence electrons. The molecule has 1 aliphatic carbocycles. The molecule has 5 heteroatoms. The summed E-state index contributed by atoms with van der Waals surface area (Å²) in [5.74, 6) is 0. The van der Waals surface area contributed by atoms with Gasteiger partial charge in [0.15, 0.2) is 0 Å². The molecule has 4 aromatic rings. The summed E-state index contributed by atoms with van der Waals surface area (Å²) < 4.78 is 2.03. The highest BCUT2D eigenvalue weighted by Gasteiger charge is 2.28. The summed E-state index contributed by atoms with van der Waals surface area (Å²) >= 11 is 7.62. The molecule has 0 aliphatic heterocycles. The molecule has 0 N–H and O–H groups in total. The number of hydrogen-bond donors (Lipinski definition) is 0. The van der Waals surface area contributed by atoms with Crippen molar-refractivity contribution in [2.45, 2.75) is 19.8 Å². The lowest BCUT2D eigenvalue weighted by Crippen LogP contribution is -1.99. The van der Waals surface area contributed by atoms with Crippen LogP contribution in [0.3, 0.4) is 0 Å². The van der Waals surface area contributed by atoms with Crippen molar-refractivity contribution in [2.24, 2.45) is 0 Å². The molecule has 0 bridgehead atoms. The third-order valence-corrected chi connectivity index (χ3v) is 5.92. The van der Waals surface area contributed by atoms with Crippen LogP contribution in [-0.2, 0) is 12.8 Å². The Kier molecular flexibility index (Phi) is 3.69. The second-order valence-electron chi connectivity index (χ2n) is 6.40. The molecule has 5 rings (SSSR count). The number of thiazole rings is 1. The maximum Gasteiger partial charge on any atom is 0.211 e. The van der Waals surface area contributed by atoms with Crippen LogP contribution < -0.4 is 0 Å². The summed E-state index contributed by atoms with van der Waals surface area (Å²) in [7, 11) is 0. The van der Waals surface area contributed by atoms with E-state index in [1.54, 1.807) is 11.3 Å². The monoisotopic (exact) mass is 377 g/mol. The Morgan fingerprint density at radius 2 is 1.92 bits per heavy atom. The van der Waals surface area contributed by atoms with Crippen LogP contribution in [0.2, 0.25) is 5.02 Å². The minimum atomic E-state index is 0.735. The molecular formula is C21H16ClN3S. The van der Waals surface area contributed by atoms with Gasteiger partial charge in [0.05, 0.1) is 17.1 Å². The van der Waals surface area contributed by atoms with Crippen molar-refractivity contribution in [3.63, 3.8) is 0 Å². The van der Waals surface area contributed by atoms with Crippen molar-refractivity contribution in [1.82, 2.24) is 14.8 Å². The molecule has 0 atom stereocenters. The Bertz CT molecular complexity index is 1110. The Balaban J connectivity index is 1.64. The first-order valence-electron chi connectivity index (χ1n) is 8.65. The summed E-state index contributed by atoms with van der Waals surface area (Å²) in [6.45, 7) is 2.16. The van der Waals surface area contributed by atoms with E-state index in [2.05, 4.69) is 36.6 Å². The molecule has 0 saturated carbocycles. The van der Waals surface area contributed by atoms with Gasteiger partial charge in [0.1, 0.15) is 0 Å². The molecule has 0 saturated heterocycles. The lowest BCUT2D eigenvalue weighted by molar-refractivity contribution is 0.836. The Hall–Kier alpha value is -2.43. The van der Waals surface area contributed by atoms with E-state index in [9.17, 15) is 0 Å². The van der Waals surface area contributed by atoms with Gasteiger partial charge in [-0.1, -0.05) is 54.9 Å². The minimum absolute atomic E-state index is 0.735. The Morgan fingerprint density at radius 1 is 1.12 bits per heavy atom. The van der Waals surface area contributed by atoms with Gasteiger partial charge >= 0.3 is 0 Å². The first-order chi connectivity index (χ1) is 12.7. The van der Waals surface area contributed by atoms with E-state index in [0.717, 1.165) is 34.3 Å². The quantitative estimate of drug-likeness (QED) is 0.399. The van der Waals surface area contributed by atoms with Crippen LogP contribution in [0.4, 0.5) is 0 Å². The zero-order valence-corrected chi connectivity index (χ0v) is 15.8. The summed E-state index contributed by atoms with van der Waals surface area (Å²) in [5.41, 5.74) is 8.38. The van der Waals surface area contributed by atoms with Crippen molar-refractivity contribution in [2.75, 3.05) is 0 Å². The summed E-state index contributed by atoms with van der Waals surface area (Å²) in [5, 5.41) is 8.61. The molecule has 0 fully saturated rings. The minimum Gasteiger partial charge on any atom is -0.218 e. The van der Waals surface area contributed by atoms with Crippen molar-refractivity contribution in [3.8, 4) is 27.6 Å². The zero-order chi connectivity index (χ0) is 17.7. The lowest BCUT2D eigenvalue weighted by atomic mass is 10.1. The van der Waals surface area contributed by atoms with E-state index in [-0.39, 0.29) is 0 Å². The van der Waals surface area contributed by atoms with Crippen molar-refractivity contribution in [3.05, 3.63) is 75.8 Å². The van der Waals surface area contributed by atoms with Gasteiger partial charge in [0.2, 0.25) is 5.13 Å². The predicted octanol–water partition coefficient (Wildman–Crippen LogP) is 5.78. The Morgan fingerprint density at radius 3 is 2.73 bits per heavy atom. The largest absolute Gasteiger partial charge is 0.218 e. The smallest absolute Gasteiger partial charge is 0.211 e. The van der Waals surface area contributed by atoms with E-state index < -0.39 is 0 Å². The van der Waals surface area contributed by atoms with Crippen molar-refractivity contribution < 1.29 is 0 Å². The van der Waals surface area contributed by atoms with E-state index >= 15 is 0 Å². The van der Waals surface area contributed by atoms with Crippen molar-refractivity contribution in [1.29, 1.82) is 0 Å². The van der Waals surface area contributed by atoms with Gasteiger partial charge < -0.3 is 0 Å². The van der Waals surface area contributed by atoms with E-state index in [1.165, 1.54) is 28.1 Å². The zero-order valence-electron chi connectivity index (χ0n) is 14.2.